The summed E-state index contributed by atoms with van der Waals surface area (Å²) in [4.78, 5) is 16.8. The van der Waals surface area contributed by atoms with Crippen molar-refractivity contribution in [3.05, 3.63) is 66.2 Å². The van der Waals surface area contributed by atoms with Crippen LogP contribution in [-0.2, 0) is 0 Å². The fraction of sp³-hybridized carbons (Fsp3) is 0.304. The molecule has 2 aromatic carbocycles. The molecule has 1 fully saturated rings. The zero-order chi connectivity index (χ0) is 21.6. The maximum absolute atomic E-state index is 13.5. The smallest absolute Gasteiger partial charge is 0.256 e. The fourth-order valence-electron chi connectivity index (χ4n) is 3.76. The minimum Gasteiger partial charge on any atom is -0.506 e. The number of aromatic nitrogens is 1. The number of phenols is 1. The van der Waals surface area contributed by atoms with E-state index in [4.69, 9.17) is 4.52 Å². The molecule has 162 valence electrons. The number of halogens is 1. The van der Waals surface area contributed by atoms with E-state index in [9.17, 15) is 14.3 Å². The van der Waals surface area contributed by atoms with Crippen LogP contribution in [0.1, 0.15) is 16.8 Å². The molecule has 0 atom stereocenters. The summed E-state index contributed by atoms with van der Waals surface area (Å²) in [7, 11) is 0. The molecule has 2 heterocycles. The lowest BCUT2D eigenvalue weighted by Crippen LogP contribution is -2.47. The molecule has 2 N–H and O–H groups in total. The Bertz CT molecular complexity index is 1020. The van der Waals surface area contributed by atoms with E-state index in [1.54, 1.807) is 0 Å². The van der Waals surface area contributed by atoms with E-state index in [1.807, 2.05) is 35.2 Å². The maximum Gasteiger partial charge on any atom is 0.256 e. The number of carbonyl (C=O) groups excluding carboxylic acids is 1. The zero-order valence-corrected chi connectivity index (χ0v) is 17.1. The molecule has 0 saturated carbocycles. The Balaban J connectivity index is 1.21. The first-order valence-electron chi connectivity index (χ1n) is 10.4. The van der Waals surface area contributed by atoms with Crippen LogP contribution >= 0.6 is 0 Å². The van der Waals surface area contributed by atoms with Gasteiger partial charge in [-0.15, -0.1) is 0 Å². The summed E-state index contributed by atoms with van der Waals surface area (Å²) in [5.41, 5.74) is 2.34. The number of amides is 1. The average Bonchev–Trinajstić information content (AvgIpc) is 3.29. The molecule has 7 nitrogen and oxygen atoms in total. The van der Waals surface area contributed by atoms with Gasteiger partial charge in [0, 0.05) is 44.4 Å². The van der Waals surface area contributed by atoms with Gasteiger partial charge in [0.05, 0.1) is 5.69 Å². The van der Waals surface area contributed by atoms with Gasteiger partial charge < -0.3 is 19.8 Å². The Morgan fingerprint density at radius 3 is 2.68 bits per heavy atom. The summed E-state index contributed by atoms with van der Waals surface area (Å²) in [6.07, 6.45) is 2.18. The number of carbonyl (C=O) groups is 1. The molecule has 0 unspecified atom stereocenters. The first-order valence-corrected chi connectivity index (χ1v) is 10.4. The summed E-state index contributed by atoms with van der Waals surface area (Å²) in [6, 6.07) is 13.5. The van der Waals surface area contributed by atoms with Crippen molar-refractivity contribution in [1.29, 1.82) is 0 Å². The highest BCUT2D eigenvalue weighted by Crippen LogP contribution is 2.28. The minimum atomic E-state index is -0.353. The van der Waals surface area contributed by atoms with Crippen LogP contribution in [0.25, 0.3) is 11.3 Å². The Morgan fingerprint density at radius 1 is 1.13 bits per heavy atom. The van der Waals surface area contributed by atoms with Gasteiger partial charge in [-0.3, -0.25) is 9.69 Å². The molecule has 1 saturated heterocycles. The van der Waals surface area contributed by atoms with Gasteiger partial charge in [-0.1, -0.05) is 35.5 Å². The first-order chi connectivity index (χ1) is 15.1. The monoisotopic (exact) mass is 424 g/mol. The number of hydrogen-bond donors (Lipinski definition) is 2. The number of phenolic OH excluding ortho intramolecular Hbond substituents is 1. The van der Waals surface area contributed by atoms with Gasteiger partial charge in [0.1, 0.15) is 29.1 Å². The van der Waals surface area contributed by atoms with E-state index < -0.39 is 0 Å². The Morgan fingerprint density at radius 2 is 1.90 bits per heavy atom. The van der Waals surface area contributed by atoms with Crippen LogP contribution in [0, 0.1) is 5.82 Å². The number of benzene rings is 2. The van der Waals surface area contributed by atoms with Crippen molar-refractivity contribution in [2.45, 2.75) is 6.42 Å². The molecule has 0 aliphatic carbocycles. The summed E-state index contributed by atoms with van der Waals surface area (Å²) in [6.45, 7) is 4.44. The summed E-state index contributed by atoms with van der Waals surface area (Å²) in [5, 5.41) is 16.9. The van der Waals surface area contributed by atoms with Gasteiger partial charge >= 0.3 is 0 Å². The highest BCUT2D eigenvalue weighted by atomic mass is 19.1. The Kier molecular flexibility index (Phi) is 6.47. The Hall–Kier alpha value is -3.39. The van der Waals surface area contributed by atoms with E-state index in [-0.39, 0.29) is 17.5 Å². The molecule has 4 rings (SSSR count). The van der Waals surface area contributed by atoms with Crippen molar-refractivity contribution >= 4 is 11.6 Å². The van der Waals surface area contributed by atoms with Crippen molar-refractivity contribution in [2.75, 3.05) is 44.2 Å². The van der Waals surface area contributed by atoms with E-state index in [1.165, 1.54) is 24.5 Å². The quantitative estimate of drug-likeness (QED) is 0.567. The molecule has 1 aliphatic heterocycles. The predicted octanol–water partition coefficient (Wildman–Crippen LogP) is 3.13. The molecule has 3 aromatic rings. The second-order valence-electron chi connectivity index (χ2n) is 7.51. The van der Waals surface area contributed by atoms with E-state index in [0.29, 0.717) is 36.6 Å². The van der Waals surface area contributed by atoms with Crippen LogP contribution in [0.15, 0.2) is 59.3 Å². The number of rotatable bonds is 7. The molecular weight excluding hydrogens is 399 g/mol. The molecule has 1 aliphatic rings. The van der Waals surface area contributed by atoms with Crippen LogP contribution in [-0.4, -0.2) is 60.3 Å². The van der Waals surface area contributed by atoms with E-state index in [2.05, 4.69) is 15.4 Å². The lowest BCUT2D eigenvalue weighted by atomic mass is 10.1. The molecule has 0 spiro atoms. The minimum absolute atomic E-state index is 0.0983. The molecule has 8 heteroatoms. The van der Waals surface area contributed by atoms with E-state index >= 15 is 0 Å². The second kappa shape index (κ2) is 9.61. The number of nitrogens with zero attached hydrogens (tertiary/aromatic N) is 3. The largest absolute Gasteiger partial charge is 0.506 e. The molecule has 0 bridgehead atoms. The van der Waals surface area contributed by atoms with Crippen LogP contribution in [0.5, 0.6) is 5.75 Å². The summed E-state index contributed by atoms with van der Waals surface area (Å²) in [5.74, 6) is -0.457. The number of hydrogen-bond acceptors (Lipinski definition) is 6. The van der Waals surface area contributed by atoms with Gasteiger partial charge in [0.15, 0.2) is 0 Å². The van der Waals surface area contributed by atoms with Crippen molar-refractivity contribution in [1.82, 2.24) is 15.4 Å². The van der Waals surface area contributed by atoms with Gasteiger partial charge in [0.25, 0.3) is 5.91 Å². The van der Waals surface area contributed by atoms with Crippen molar-refractivity contribution in [2.24, 2.45) is 0 Å². The van der Waals surface area contributed by atoms with Crippen LogP contribution in [0.3, 0.4) is 0 Å². The fourth-order valence-corrected chi connectivity index (χ4v) is 3.76. The van der Waals surface area contributed by atoms with Crippen molar-refractivity contribution < 1.29 is 18.8 Å². The van der Waals surface area contributed by atoms with Gasteiger partial charge in [-0.2, -0.15) is 0 Å². The third-order valence-electron chi connectivity index (χ3n) is 5.45. The summed E-state index contributed by atoms with van der Waals surface area (Å²) >= 11 is 0. The SMILES string of the molecule is O=C(NCCCN1CCN(c2cc(F)ccc2O)CC1)c1conc1-c1ccccc1. The first kappa shape index (κ1) is 20.9. The molecule has 1 aromatic heterocycles. The normalized spacial score (nSPS) is 14.5. The molecule has 0 radical (unpaired) electrons. The maximum atomic E-state index is 13.5. The van der Waals surface area contributed by atoms with Crippen molar-refractivity contribution in [3.8, 4) is 17.0 Å². The topological polar surface area (TPSA) is 81.8 Å². The van der Waals surface area contributed by atoms with Gasteiger partial charge in [-0.25, -0.2) is 4.39 Å². The van der Waals surface area contributed by atoms with Gasteiger partial charge in [-0.05, 0) is 25.1 Å². The number of nitrogens with one attached hydrogen (secondary N) is 1. The number of piperazine rings is 1. The lowest BCUT2D eigenvalue weighted by Gasteiger charge is -2.36. The van der Waals surface area contributed by atoms with Crippen LogP contribution in [0.2, 0.25) is 0 Å². The average molecular weight is 424 g/mol. The molecule has 1 amide bonds. The highest BCUT2D eigenvalue weighted by Gasteiger charge is 2.20. The van der Waals surface area contributed by atoms with Crippen molar-refractivity contribution in [3.63, 3.8) is 0 Å². The van der Waals surface area contributed by atoms with Crippen LogP contribution < -0.4 is 10.2 Å². The van der Waals surface area contributed by atoms with E-state index in [0.717, 1.165) is 31.6 Å². The standard InChI is InChI=1S/C23H25FN4O3/c24-18-7-8-21(29)20(15-18)28-13-11-27(12-14-28)10-4-9-25-23(30)19-16-31-26-22(19)17-5-2-1-3-6-17/h1-3,5-8,15-16,29H,4,9-14H2,(H,25,30). The summed E-state index contributed by atoms with van der Waals surface area (Å²) < 4.78 is 18.5. The predicted molar refractivity (Wildman–Crippen MR) is 116 cm³/mol. The molecular formula is C23H25FN4O3. The zero-order valence-electron chi connectivity index (χ0n) is 17.1. The second-order valence-corrected chi connectivity index (χ2v) is 7.51. The number of anilines is 1. The lowest BCUT2D eigenvalue weighted by molar-refractivity contribution is 0.0951. The Labute approximate surface area is 180 Å². The number of aromatic hydroxyl groups is 1. The van der Waals surface area contributed by atoms with Crippen LogP contribution in [0.4, 0.5) is 10.1 Å². The molecule has 31 heavy (non-hydrogen) atoms. The third kappa shape index (κ3) is 5.03. The third-order valence-corrected chi connectivity index (χ3v) is 5.45. The highest BCUT2D eigenvalue weighted by molar-refractivity contribution is 5.99. The van der Waals surface area contributed by atoms with Gasteiger partial charge in [0.2, 0.25) is 0 Å².